The van der Waals surface area contributed by atoms with Gasteiger partial charge in [-0.15, -0.1) is 0 Å². The zero-order valence-electron chi connectivity index (χ0n) is 10.7. The molecule has 0 spiro atoms. The Hall–Kier alpha value is -1.31. The molecule has 2 nitrogen and oxygen atoms in total. The van der Waals surface area contributed by atoms with E-state index in [-0.39, 0.29) is 0 Å². The average Bonchev–Trinajstić information content (AvgIpc) is 2.21. The van der Waals surface area contributed by atoms with Crippen molar-refractivity contribution < 1.29 is 4.74 Å². The average molecular weight is 219 g/mol. The molecule has 0 aliphatic heterocycles. The molecule has 1 aromatic rings. The van der Waals surface area contributed by atoms with Gasteiger partial charge >= 0.3 is 0 Å². The lowest BCUT2D eigenvalue weighted by atomic mass is 9.96. The third-order valence-corrected chi connectivity index (χ3v) is 2.92. The second-order valence-corrected chi connectivity index (χ2v) is 4.36. The zero-order chi connectivity index (χ0) is 12.1. The van der Waals surface area contributed by atoms with Crippen LogP contribution in [0, 0.1) is 26.2 Å². The van der Waals surface area contributed by atoms with Crippen molar-refractivity contribution in [3.8, 4) is 0 Å². The number of benzene rings is 1. The Morgan fingerprint density at radius 2 is 1.75 bits per heavy atom. The maximum Gasteiger partial charge on any atom is 0.180 e. The van der Waals surface area contributed by atoms with Gasteiger partial charge < -0.3 is 4.74 Å². The Morgan fingerprint density at radius 3 is 2.25 bits per heavy atom. The lowest BCUT2D eigenvalue weighted by molar-refractivity contribution is 0.384. The van der Waals surface area contributed by atoms with Crippen LogP contribution in [0.25, 0.3) is 0 Å². The Bertz CT molecular complexity index is 359. The second-order valence-electron chi connectivity index (χ2n) is 4.36. The molecule has 0 atom stereocenters. The summed E-state index contributed by atoms with van der Waals surface area (Å²) in [7, 11) is 1.56. The summed E-state index contributed by atoms with van der Waals surface area (Å²) in [6.07, 6.45) is 2.74. The van der Waals surface area contributed by atoms with E-state index >= 15 is 0 Å². The maximum atomic E-state index is 7.42. The highest BCUT2D eigenvalue weighted by Gasteiger charge is 2.04. The molecule has 0 saturated heterocycles. The van der Waals surface area contributed by atoms with Crippen LogP contribution in [0.2, 0.25) is 0 Å². The van der Waals surface area contributed by atoms with E-state index in [0.717, 1.165) is 19.3 Å². The van der Waals surface area contributed by atoms with Crippen molar-refractivity contribution in [2.75, 3.05) is 7.11 Å². The summed E-state index contributed by atoms with van der Waals surface area (Å²) in [4.78, 5) is 0. The fourth-order valence-electron chi connectivity index (χ4n) is 2.13. The predicted octanol–water partition coefficient (Wildman–Crippen LogP) is 3.56. The van der Waals surface area contributed by atoms with Gasteiger partial charge in [0.2, 0.25) is 0 Å². The van der Waals surface area contributed by atoms with E-state index in [4.69, 9.17) is 10.1 Å². The predicted molar refractivity (Wildman–Crippen MR) is 68.3 cm³/mol. The van der Waals surface area contributed by atoms with Crippen LogP contribution in [0.1, 0.15) is 35.1 Å². The largest absolute Gasteiger partial charge is 0.484 e. The van der Waals surface area contributed by atoms with Crippen LogP contribution in [-0.2, 0) is 11.2 Å². The van der Waals surface area contributed by atoms with Gasteiger partial charge in [0.25, 0.3) is 0 Å². The first-order valence-corrected chi connectivity index (χ1v) is 5.72. The van der Waals surface area contributed by atoms with Crippen LogP contribution >= 0.6 is 0 Å². The molecule has 0 amide bonds. The third kappa shape index (κ3) is 3.37. The fourth-order valence-corrected chi connectivity index (χ4v) is 2.13. The molecule has 88 valence electrons. The Morgan fingerprint density at radius 1 is 1.19 bits per heavy atom. The molecule has 0 unspecified atom stereocenters. The van der Waals surface area contributed by atoms with Gasteiger partial charge in [-0.2, -0.15) is 0 Å². The lowest BCUT2D eigenvalue weighted by Gasteiger charge is -2.11. The summed E-state index contributed by atoms with van der Waals surface area (Å²) in [6, 6.07) is 4.45. The standard InChI is InChI=1S/C14H21NO/c1-10-8-11(2)13(12(3)9-10)6-5-7-14(15)16-4/h8-9,15H,5-7H2,1-4H3. The van der Waals surface area contributed by atoms with Gasteiger partial charge in [-0.1, -0.05) is 17.7 Å². The van der Waals surface area contributed by atoms with E-state index in [1.807, 2.05) is 0 Å². The highest BCUT2D eigenvalue weighted by atomic mass is 16.5. The minimum Gasteiger partial charge on any atom is -0.484 e. The molecule has 2 heteroatoms. The molecule has 0 bridgehead atoms. The Kier molecular flexibility index (Phi) is 4.53. The number of ether oxygens (including phenoxy) is 1. The van der Waals surface area contributed by atoms with Crippen LogP contribution < -0.4 is 0 Å². The first-order chi connectivity index (χ1) is 7.54. The van der Waals surface area contributed by atoms with E-state index in [1.54, 1.807) is 7.11 Å². The van der Waals surface area contributed by atoms with Gasteiger partial charge in [0.1, 0.15) is 0 Å². The smallest absolute Gasteiger partial charge is 0.180 e. The van der Waals surface area contributed by atoms with Crippen molar-refractivity contribution in [2.24, 2.45) is 0 Å². The summed E-state index contributed by atoms with van der Waals surface area (Å²) in [5.74, 6) is 0.377. The van der Waals surface area contributed by atoms with Gasteiger partial charge in [-0.3, -0.25) is 5.41 Å². The summed E-state index contributed by atoms with van der Waals surface area (Å²) < 4.78 is 4.85. The monoisotopic (exact) mass is 219 g/mol. The van der Waals surface area contributed by atoms with Crippen LogP contribution in [0.15, 0.2) is 12.1 Å². The summed E-state index contributed by atoms with van der Waals surface area (Å²) in [6.45, 7) is 6.46. The van der Waals surface area contributed by atoms with E-state index < -0.39 is 0 Å². The number of rotatable bonds is 4. The van der Waals surface area contributed by atoms with Gasteiger partial charge in [0.15, 0.2) is 5.90 Å². The van der Waals surface area contributed by atoms with Crippen LogP contribution in [0.4, 0.5) is 0 Å². The van der Waals surface area contributed by atoms with E-state index in [0.29, 0.717) is 5.90 Å². The topological polar surface area (TPSA) is 33.1 Å². The Labute approximate surface area is 98.1 Å². The van der Waals surface area contributed by atoms with Crippen LogP contribution in [0.3, 0.4) is 0 Å². The highest BCUT2D eigenvalue weighted by Crippen LogP contribution is 2.18. The molecule has 0 saturated carbocycles. The molecule has 0 fully saturated rings. The molecular formula is C14H21NO. The van der Waals surface area contributed by atoms with Crippen molar-refractivity contribution in [1.82, 2.24) is 0 Å². The molecule has 1 N–H and O–H groups in total. The van der Waals surface area contributed by atoms with Crippen LogP contribution in [0.5, 0.6) is 0 Å². The number of hydrogen-bond donors (Lipinski definition) is 1. The third-order valence-electron chi connectivity index (χ3n) is 2.92. The Balaban J connectivity index is 2.64. The van der Waals surface area contributed by atoms with Gasteiger partial charge in [0.05, 0.1) is 7.11 Å². The number of methoxy groups -OCH3 is 1. The van der Waals surface area contributed by atoms with Crippen molar-refractivity contribution in [1.29, 1.82) is 5.41 Å². The second kappa shape index (κ2) is 5.69. The molecule has 0 aliphatic carbocycles. The molecule has 1 aromatic carbocycles. The normalized spacial score (nSPS) is 10.2. The van der Waals surface area contributed by atoms with E-state index in [1.165, 1.54) is 22.3 Å². The molecule has 16 heavy (non-hydrogen) atoms. The minimum absolute atomic E-state index is 0.377. The molecule has 0 aromatic heterocycles. The number of aryl methyl sites for hydroxylation is 3. The van der Waals surface area contributed by atoms with Gasteiger partial charge in [-0.25, -0.2) is 0 Å². The molecule has 0 aliphatic rings. The van der Waals surface area contributed by atoms with E-state index in [2.05, 4.69) is 32.9 Å². The summed E-state index contributed by atoms with van der Waals surface area (Å²) in [5, 5.41) is 7.42. The minimum atomic E-state index is 0.377. The lowest BCUT2D eigenvalue weighted by Crippen LogP contribution is -2.01. The fraction of sp³-hybridized carbons (Fsp3) is 0.500. The zero-order valence-corrected chi connectivity index (χ0v) is 10.7. The maximum absolute atomic E-state index is 7.42. The van der Waals surface area contributed by atoms with Crippen molar-refractivity contribution in [2.45, 2.75) is 40.0 Å². The van der Waals surface area contributed by atoms with E-state index in [9.17, 15) is 0 Å². The summed E-state index contributed by atoms with van der Waals surface area (Å²) in [5.41, 5.74) is 5.47. The van der Waals surface area contributed by atoms with Gasteiger partial charge in [-0.05, 0) is 50.3 Å². The molecule has 0 radical (unpaired) electrons. The van der Waals surface area contributed by atoms with Crippen molar-refractivity contribution in [3.63, 3.8) is 0 Å². The summed E-state index contributed by atoms with van der Waals surface area (Å²) >= 11 is 0. The van der Waals surface area contributed by atoms with Crippen LogP contribution in [-0.4, -0.2) is 13.0 Å². The first kappa shape index (κ1) is 12.8. The number of hydrogen-bond acceptors (Lipinski definition) is 2. The number of nitrogens with one attached hydrogen (secondary N) is 1. The van der Waals surface area contributed by atoms with Crippen molar-refractivity contribution in [3.05, 3.63) is 34.4 Å². The quantitative estimate of drug-likeness (QED) is 0.609. The molecular weight excluding hydrogens is 198 g/mol. The molecule has 1 rings (SSSR count). The highest BCUT2D eigenvalue weighted by molar-refractivity contribution is 5.72. The first-order valence-electron chi connectivity index (χ1n) is 5.72. The van der Waals surface area contributed by atoms with Crippen molar-refractivity contribution >= 4 is 5.90 Å². The molecule has 0 heterocycles. The SMILES string of the molecule is COC(=N)CCCc1c(C)cc(C)cc1C. The van der Waals surface area contributed by atoms with Gasteiger partial charge in [0, 0.05) is 6.42 Å².